The standard InChI is InChI=1S/C19H24N2O4/c1-17(2,3)13-15(22)20-11-9-7-8-10-12(11)21-16(23)14(18(4,5)6)25-19(20,21)24-13/h7-10,13-14H,1-6H3/t13-,14+,19?. The summed E-state index contributed by atoms with van der Waals surface area (Å²) in [6.45, 7) is 11.7. The molecule has 2 saturated heterocycles. The molecule has 0 N–H and O–H groups in total. The molecule has 3 heterocycles. The van der Waals surface area contributed by atoms with Crippen LogP contribution in [0.15, 0.2) is 24.3 Å². The minimum Gasteiger partial charge on any atom is -0.300 e. The van der Waals surface area contributed by atoms with Gasteiger partial charge in [0.15, 0.2) is 0 Å². The molecule has 3 aliphatic rings. The number of carbonyl (C=O) groups excluding carboxylic acids is 2. The van der Waals surface area contributed by atoms with Gasteiger partial charge in [-0.15, -0.1) is 0 Å². The molecule has 2 amide bonds. The molecular formula is C19H24N2O4. The maximum atomic E-state index is 13.2. The highest BCUT2D eigenvalue weighted by molar-refractivity contribution is 6.14. The zero-order chi connectivity index (χ0) is 18.4. The molecule has 1 aromatic rings. The second kappa shape index (κ2) is 4.62. The quantitative estimate of drug-likeness (QED) is 0.726. The summed E-state index contributed by atoms with van der Waals surface area (Å²) in [5.74, 6) is -0.352. The Bertz CT molecular complexity index is 709. The molecule has 25 heavy (non-hydrogen) atoms. The van der Waals surface area contributed by atoms with Crippen molar-refractivity contribution in [2.75, 3.05) is 9.80 Å². The molecule has 4 rings (SSSR count). The van der Waals surface area contributed by atoms with Crippen LogP contribution in [0.3, 0.4) is 0 Å². The van der Waals surface area contributed by atoms with E-state index in [1.807, 2.05) is 65.8 Å². The Morgan fingerprint density at radius 1 is 0.800 bits per heavy atom. The monoisotopic (exact) mass is 344 g/mol. The minimum absolute atomic E-state index is 0.176. The number of anilines is 2. The first-order chi connectivity index (χ1) is 11.5. The van der Waals surface area contributed by atoms with E-state index in [2.05, 4.69) is 0 Å². The number of amides is 2. The van der Waals surface area contributed by atoms with Crippen molar-refractivity contribution >= 4 is 23.2 Å². The van der Waals surface area contributed by atoms with E-state index in [-0.39, 0.29) is 11.8 Å². The summed E-state index contributed by atoms with van der Waals surface area (Å²) in [6.07, 6.45) is -1.37. The van der Waals surface area contributed by atoms with E-state index in [1.54, 1.807) is 0 Å². The molecule has 0 saturated carbocycles. The second-order valence-electron chi connectivity index (χ2n) is 9.11. The van der Waals surface area contributed by atoms with E-state index >= 15 is 0 Å². The lowest BCUT2D eigenvalue weighted by molar-refractivity contribution is -0.233. The van der Waals surface area contributed by atoms with Crippen LogP contribution in [-0.2, 0) is 19.1 Å². The first-order valence-corrected chi connectivity index (χ1v) is 8.61. The molecule has 1 aromatic carbocycles. The van der Waals surface area contributed by atoms with Gasteiger partial charge in [-0.3, -0.25) is 9.59 Å². The highest BCUT2D eigenvalue weighted by Gasteiger charge is 2.72. The molecule has 2 fully saturated rings. The van der Waals surface area contributed by atoms with E-state index in [9.17, 15) is 9.59 Å². The van der Waals surface area contributed by atoms with Crippen LogP contribution in [0, 0.1) is 10.8 Å². The predicted molar refractivity (Wildman–Crippen MR) is 92.8 cm³/mol. The molecule has 0 bridgehead atoms. The molecule has 6 heteroatoms. The van der Waals surface area contributed by atoms with Crippen LogP contribution in [0.2, 0.25) is 0 Å². The van der Waals surface area contributed by atoms with E-state index in [1.165, 1.54) is 9.80 Å². The Morgan fingerprint density at radius 2 is 1.16 bits per heavy atom. The molecule has 0 aliphatic carbocycles. The Balaban J connectivity index is 1.90. The van der Waals surface area contributed by atoms with Crippen molar-refractivity contribution < 1.29 is 19.1 Å². The van der Waals surface area contributed by atoms with Crippen molar-refractivity contribution in [3.05, 3.63) is 24.3 Å². The first kappa shape index (κ1) is 16.5. The number of hydrogen-bond acceptors (Lipinski definition) is 4. The maximum absolute atomic E-state index is 13.2. The lowest BCUT2D eigenvalue weighted by Gasteiger charge is -2.31. The fourth-order valence-electron chi connectivity index (χ4n) is 3.74. The van der Waals surface area contributed by atoms with Gasteiger partial charge in [-0.2, -0.15) is 0 Å². The van der Waals surface area contributed by atoms with Gasteiger partial charge in [0.25, 0.3) is 11.8 Å². The molecule has 6 nitrogen and oxygen atoms in total. The third-order valence-electron chi connectivity index (χ3n) is 4.93. The van der Waals surface area contributed by atoms with E-state index < -0.39 is 29.1 Å². The van der Waals surface area contributed by atoms with Gasteiger partial charge >= 0.3 is 6.03 Å². The van der Waals surface area contributed by atoms with Crippen LogP contribution >= 0.6 is 0 Å². The lowest BCUT2D eigenvalue weighted by Crippen LogP contribution is -2.53. The van der Waals surface area contributed by atoms with Gasteiger partial charge in [-0.05, 0) is 23.0 Å². The van der Waals surface area contributed by atoms with Crippen LogP contribution in [0.4, 0.5) is 11.4 Å². The highest BCUT2D eigenvalue weighted by atomic mass is 16.8. The fourth-order valence-corrected chi connectivity index (χ4v) is 3.74. The molecule has 0 radical (unpaired) electrons. The largest absolute Gasteiger partial charge is 0.358 e. The average Bonchev–Trinajstić information content (AvgIpc) is 3.03. The van der Waals surface area contributed by atoms with Gasteiger partial charge in [-0.1, -0.05) is 53.7 Å². The SMILES string of the molecule is CC(C)(C)[C@@H]1OC23O[C@H](C(C)(C)C)C(=O)N2c2ccccc2N3C1=O. The second-order valence-corrected chi connectivity index (χ2v) is 9.11. The van der Waals surface area contributed by atoms with Crippen molar-refractivity contribution in [1.29, 1.82) is 0 Å². The molecule has 1 spiro atoms. The number of rotatable bonds is 0. The number of hydrogen-bond donors (Lipinski definition) is 0. The van der Waals surface area contributed by atoms with Gasteiger partial charge in [0, 0.05) is 0 Å². The summed E-state index contributed by atoms with van der Waals surface area (Å²) < 4.78 is 12.4. The molecule has 1 unspecified atom stereocenters. The summed E-state index contributed by atoms with van der Waals surface area (Å²) in [5, 5.41) is 0. The molecule has 3 atom stereocenters. The number of benzene rings is 1. The van der Waals surface area contributed by atoms with Gasteiger partial charge in [0.05, 0.1) is 11.4 Å². The molecular weight excluding hydrogens is 320 g/mol. The summed E-state index contributed by atoms with van der Waals surface area (Å²) in [7, 11) is 0. The van der Waals surface area contributed by atoms with Gasteiger partial charge < -0.3 is 9.47 Å². The van der Waals surface area contributed by atoms with Crippen LogP contribution in [-0.4, -0.2) is 30.1 Å². The minimum atomic E-state index is -1.51. The Kier molecular flexibility index (Phi) is 3.06. The van der Waals surface area contributed by atoms with Gasteiger partial charge in [-0.25, -0.2) is 9.80 Å². The third kappa shape index (κ3) is 1.98. The topological polar surface area (TPSA) is 59.1 Å². The van der Waals surface area contributed by atoms with Crippen LogP contribution in [0.5, 0.6) is 0 Å². The fraction of sp³-hybridized carbons (Fsp3) is 0.579. The molecule has 0 aromatic heterocycles. The summed E-state index contributed by atoms with van der Waals surface area (Å²) in [5.41, 5.74) is 0.478. The van der Waals surface area contributed by atoms with Gasteiger partial charge in [0.2, 0.25) is 0 Å². The first-order valence-electron chi connectivity index (χ1n) is 8.61. The third-order valence-corrected chi connectivity index (χ3v) is 4.93. The maximum Gasteiger partial charge on any atom is 0.358 e. The Hall–Kier alpha value is -1.92. The number of nitrogens with zero attached hydrogens (tertiary/aromatic N) is 2. The van der Waals surface area contributed by atoms with Crippen LogP contribution in [0.1, 0.15) is 41.5 Å². The molecule has 134 valence electrons. The summed E-state index contributed by atoms with van der Waals surface area (Å²) in [4.78, 5) is 29.4. The zero-order valence-corrected chi connectivity index (χ0v) is 15.5. The number of fused-ring (bicyclic) bond motifs is 3. The summed E-state index contributed by atoms with van der Waals surface area (Å²) in [6, 6.07) is 5.83. The number of para-hydroxylation sites is 2. The van der Waals surface area contributed by atoms with Crippen molar-refractivity contribution in [2.24, 2.45) is 10.8 Å². The number of ether oxygens (including phenoxy) is 2. The summed E-state index contributed by atoms with van der Waals surface area (Å²) >= 11 is 0. The van der Waals surface area contributed by atoms with E-state index in [4.69, 9.17) is 9.47 Å². The Labute approximate surface area is 147 Å². The van der Waals surface area contributed by atoms with Crippen molar-refractivity contribution in [1.82, 2.24) is 0 Å². The van der Waals surface area contributed by atoms with Crippen molar-refractivity contribution in [3.63, 3.8) is 0 Å². The molecule has 3 aliphatic heterocycles. The predicted octanol–water partition coefficient (Wildman–Crippen LogP) is 2.87. The highest BCUT2D eigenvalue weighted by Crippen LogP contribution is 2.56. The van der Waals surface area contributed by atoms with E-state index in [0.717, 1.165) is 0 Å². The lowest BCUT2D eigenvalue weighted by atomic mass is 9.88. The smallest absolute Gasteiger partial charge is 0.300 e. The average molecular weight is 344 g/mol. The normalized spacial score (nSPS) is 31.4. The zero-order valence-electron chi connectivity index (χ0n) is 15.5. The van der Waals surface area contributed by atoms with Crippen LogP contribution in [0.25, 0.3) is 0 Å². The van der Waals surface area contributed by atoms with Gasteiger partial charge in [0.1, 0.15) is 12.2 Å². The number of carbonyl (C=O) groups is 2. The Morgan fingerprint density at radius 3 is 1.48 bits per heavy atom. The van der Waals surface area contributed by atoms with Crippen molar-refractivity contribution in [3.8, 4) is 0 Å². The van der Waals surface area contributed by atoms with Crippen molar-refractivity contribution in [2.45, 2.75) is 59.8 Å². The van der Waals surface area contributed by atoms with Crippen LogP contribution < -0.4 is 9.80 Å². The van der Waals surface area contributed by atoms with E-state index in [0.29, 0.717) is 11.4 Å².